The Bertz CT molecular complexity index is 1100. The summed E-state index contributed by atoms with van der Waals surface area (Å²) in [5, 5.41) is 3.69. The number of benzene rings is 2. The Morgan fingerprint density at radius 2 is 1.74 bits per heavy atom. The van der Waals surface area contributed by atoms with Gasteiger partial charge in [0.15, 0.2) is 11.5 Å². The lowest BCUT2D eigenvalue weighted by atomic mass is 9.99. The van der Waals surface area contributed by atoms with Gasteiger partial charge in [-0.1, -0.05) is 6.07 Å². The van der Waals surface area contributed by atoms with Crippen LogP contribution in [0.3, 0.4) is 0 Å². The zero-order valence-electron chi connectivity index (χ0n) is 18.4. The van der Waals surface area contributed by atoms with Crippen molar-refractivity contribution in [3.8, 4) is 28.4 Å². The fraction of sp³-hybridized carbons (Fsp3) is 0.292. The van der Waals surface area contributed by atoms with Gasteiger partial charge in [0.05, 0.1) is 34.2 Å². The normalized spacial score (nSPS) is 11.5. The zero-order chi connectivity index (χ0) is 22.4. The fourth-order valence-electron chi connectivity index (χ4n) is 3.36. The molecule has 1 N–H and O–H groups in total. The summed E-state index contributed by atoms with van der Waals surface area (Å²) in [6.07, 6.45) is 3.25. The third kappa shape index (κ3) is 4.83. The van der Waals surface area contributed by atoms with Crippen molar-refractivity contribution >= 4 is 22.4 Å². The van der Waals surface area contributed by atoms with E-state index in [1.807, 2.05) is 37.3 Å². The van der Waals surface area contributed by atoms with E-state index in [1.165, 1.54) is 0 Å². The number of furan rings is 1. The molecule has 0 aliphatic rings. The summed E-state index contributed by atoms with van der Waals surface area (Å²) in [4.78, 5) is 12.2. The highest BCUT2D eigenvalue weighted by Gasteiger charge is 2.16. The molecule has 3 rings (SSSR count). The molecule has 7 nitrogen and oxygen atoms in total. The summed E-state index contributed by atoms with van der Waals surface area (Å²) in [6.45, 7) is 2.77. The molecule has 0 unspecified atom stereocenters. The van der Waals surface area contributed by atoms with Gasteiger partial charge in [0, 0.05) is 42.3 Å². The van der Waals surface area contributed by atoms with Crippen LogP contribution in [0.4, 0.5) is 0 Å². The first-order valence-corrected chi connectivity index (χ1v) is 9.79. The van der Waals surface area contributed by atoms with Gasteiger partial charge in [0.25, 0.3) is 0 Å². The molecule has 1 amide bonds. The summed E-state index contributed by atoms with van der Waals surface area (Å²) in [7, 11) is 6.39. The molecule has 0 spiro atoms. The van der Waals surface area contributed by atoms with Gasteiger partial charge in [-0.25, -0.2) is 0 Å². The lowest BCUT2D eigenvalue weighted by molar-refractivity contribution is -0.116. The minimum Gasteiger partial charge on any atom is -0.496 e. The lowest BCUT2D eigenvalue weighted by Gasteiger charge is -2.11. The summed E-state index contributed by atoms with van der Waals surface area (Å²) in [5.41, 5.74) is 4.08. The summed E-state index contributed by atoms with van der Waals surface area (Å²) >= 11 is 0. The van der Waals surface area contributed by atoms with Crippen molar-refractivity contribution in [1.82, 2.24) is 5.32 Å². The van der Waals surface area contributed by atoms with E-state index in [1.54, 1.807) is 40.8 Å². The van der Waals surface area contributed by atoms with Crippen LogP contribution in [0.15, 0.2) is 47.1 Å². The molecule has 164 valence electrons. The number of nitrogens with one attached hydrogen (secondary N) is 1. The second kappa shape index (κ2) is 10.0. The van der Waals surface area contributed by atoms with E-state index in [4.69, 9.17) is 23.4 Å². The summed E-state index contributed by atoms with van der Waals surface area (Å²) in [5.74, 6) is 1.72. The van der Waals surface area contributed by atoms with Gasteiger partial charge in [0.2, 0.25) is 5.91 Å². The highest BCUT2D eigenvalue weighted by atomic mass is 16.5. The fourth-order valence-corrected chi connectivity index (χ4v) is 3.36. The van der Waals surface area contributed by atoms with Crippen molar-refractivity contribution in [2.75, 3.05) is 41.6 Å². The Morgan fingerprint density at radius 1 is 1.00 bits per heavy atom. The molecule has 1 aromatic heterocycles. The Morgan fingerprint density at radius 3 is 2.42 bits per heavy atom. The van der Waals surface area contributed by atoms with E-state index in [0.29, 0.717) is 36.0 Å². The molecule has 0 aliphatic carbocycles. The van der Waals surface area contributed by atoms with Crippen LogP contribution < -0.4 is 19.5 Å². The van der Waals surface area contributed by atoms with Crippen LogP contribution in [0, 0.1) is 0 Å². The molecule has 0 radical (unpaired) electrons. The number of carbonyl (C=O) groups excluding carboxylic acids is 1. The van der Waals surface area contributed by atoms with Crippen LogP contribution in [-0.4, -0.2) is 47.5 Å². The Hall–Kier alpha value is -3.45. The molecule has 7 heteroatoms. The highest BCUT2D eigenvalue weighted by molar-refractivity contribution is 6.00. The molecule has 2 aromatic carbocycles. The number of hydrogen-bond acceptors (Lipinski definition) is 6. The first kappa shape index (κ1) is 22.2. The minimum atomic E-state index is -0.191. The maximum Gasteiger partial charge on any atom is 0.244 e. The third-order valence-electron chi connectivity index (χ3n) is 4.97. The van der Waals surface area contributed by atoms with Gasteiger partial charge >= 0.3 is 0 Å². The summed E-state index contributed by atoms with van der Waals surface area (Å²) < 4.78 is 27.1. The lowest BCUT2D eigenvalue weighted by Crippen LogP contribution is -2.25. The predicted molar refractivity (Wildman–Crippen MR) is 120 cm³/mol. The van der Waals surface area contributed by atoms with Crippen LogP contribution in [0.1, 0.15) is 12.5 Å². The number of amides is 1. The molecular weight excluding hydrogens is 398 g/mol. The van der Waals surface area contributed by atoms with Gasteiger partial charge in [-0.05, 0) is 36.3 Å². The van der Waals surface area contributed by atoms with Crippen molar-refractivity contribution < 1.29 is 28.2 Å². The molecule has 3 aromatic rings. The van der Waals surface area contributed by atoms with Crippen LogP contribution in [0.2, 0.25) is 0 Å². The molecule has 0 saturated heterocycles. The van der Waals surface area contributed by atoms with E-state index in [9.17, 15) is 4.79 Å². The van der Waals surface area contributed by atoms with Gasteiger partial charge in [-0.3, -0.25) is 4.79 Å². The third-order valence-corrected chi connectivity index (χ3v) is 4.97. The summed E-state index contributed by atoms with van der Waals surface area (Å²) in [6, 6.07) is 9.50. The molecule has 0 fully saturated rings. The number of ether oxygens (including phenoxy) is 4. The maximum atomic E-state index is 12.2. The number of methoxy groups -OCH3 is 4. The minimum absolute atomic E-state index is 0.191. The second-order valence-corrected chi connectivity index (χ2v) is 6.88. The van der Waals surface area contributed by atoms with Crippen molar-refractivity contribution in [2.45, 2.75) is 6.92 Å². The van der Waals surface area contributed by atoms with Gasteiger partial charge in [-0.15, -0.1) is 0 Å². The highest BCUT2D eigenvalue weighted by Crippen LogP contribution is 2.39. The standard InChI is InChI=1S/C24H27NO6/c1-15(10-24(26)25-8-9-27-2)17-12-18-19(14-31-22(18)13-21(17)29-4)16-6-7-20(28-3)23(11-16)30-5/h6-7,10-14H,8-9H2,1-5H3,(H,25,26)/b15-10+. The first-order chi connectivity index (χ1) is 15.0. The second-order valence-electron chi connectivity index (χ2n) is 6.88. The topological polar surface area (TPSA) is 79.2 Å². The van der Waals surface area contributed by atoms with Crippen LogP contribution in [0.25, 0.3) is 27.7 Å². The van der Waals surface area contributed by atoms with E-state index in [0.717, 1.165) is 27.6 Å². The average molecular weight is 425 g/mol. The first-order valence-electron chi connectivity index (χ1n) is 9.79. The van der Waals surface area contributed by atoms with Crippen molar-refractivity contribution in [3.05, 3.63) is 48.2 Å². The number of hydrogen-bond donors (Lipinski definition) is 1. The zero-order valence-corrected chi connectivity index (χ0v) is 18.4. The molecular formula is C24H27NO6. The largest absolute Gasteiger partial charge is 0.496 e. The van der Waals surface area contributed by atoms with Gasteiger partial charge < -0.3 is 28.7 Å². The Labute approximate surface area is 181 Å². The Balaban J connectivity index is 2.04. The monoisotopic (exact) mass is 425 g/mol. The molecule has 0 atom stereocenters. The molecule has 0 bridgehead atoms. The van der Waals surface area contributed by atoms with Gasteiger partial charge in [-0.2, -0.15) is 0 Å². The molecule has 31 heavy (non-hydrogen) atoms. The van der Waals surface area contributed by atoms with Gasteiger partial charge in [0.1, 0.15) is 11.3 Å². The molecule has 1 heterocycles. The number of fused-ring (bicyclic) bond motifs is 1. The Kier molecular flexibility index (Phi) is 7.20. The average Bonchev–Trinajstić information content (AvgIpc) is 3.20. The SMILES string of the molecule is COCCNC(=O)/C=C(\C)c1cc2c(-c3ccc(OC)c(OC)c3)coc2cc1OC. The molecule has 0 aliphatic heterocycles. The predicted octanol–water partition coefficient (Wildman–Crippen LogP) is 4.29. The van der Waals surface area contributed by atoms with E-state index in [2.05, 4.69) is 5.32 Å². The smallest absolute Gasteiger partial charge is 0.244 e. The van der Waals surface area contributed by atoms with Crippen molar-refractivity contribution in [3.63, 3.8) is 0 Å². The quantitative estimate of drug-likeness (QED) is 0.407. The molecule has 0 saturated carbocycles. The van der Waals surface area contributed by atoms with E-state index < -0.39 is 0 Å². The number of allylic oxidation sites excluding steroid dienone is 1. The van der Waals surface area contributed by atoms with E-state index in [-0.39, 0.29) is 5.91 Å². The van der Waals surface area contributed by atoms with Crippen LogP contribution >= 0.6 is 0 Å². The van der Waals surface area contributed by atoms with Crippen LogP contribution in [-0.2, 0) is 9.53 Å². The number of rotatable bonds is 9. The maximum absolute atomic E-state index is 12.2. The van der Waals surface area contributed by atoms with Crippen molar-refractivity contribution in [1.29, 1.82) is 0 Å². The number of carbonyl (C=O) groups is 1. The van der Waals surface area contributed by atoms with E-state index >= 15 is 0 Å². The van der Waals surface area contributed by atoms with Crippen LogP contribution in [0.5, 0.6) is 17.2 Å². The van der Waals surface area contributed by atoms with Crippen molar-refractivity contribution in [2.24, 2.45) is 0 Å².